The molecule has 0 nitrogen and oxygen atoms in total. The van der Waals surface area contributed by atoms with Gasteiger partial charge in [0.05, 0.1) is 8.07 Å². The second-order valence-electron chi connectivity index (χ2n) is 18.2. The summed E-state index contributed by atoms with van der Waals surface area (Å²) in [6.07, 6.45) is 18.1. The molecule has 0 aromatic heterocycles. The summed E-state index contributed by atoms with van der Waals surface area (Å²) >= 11 is -0.826. The van der Waals surface area contributed by atoms with Gasteiger partial charge in [-0.1, -0.05) is 138 Å². The number of halogens is 2. The fourth-order valence-electron chi connectivity index (χ4n) is 11.2. The molecule has 0 spiro atoms. The summed E-state index contributed by atoms with van der Waals surface area (Å²) in [6.45, 7) is 25.3. The van der Waals surface area contributed by atoms with Crippen LogP contribution >= 0.6 is 17.0 Å². The van der Waals surface area contributed by atoms with Crippen LogP contribution in [-0.2, 0) is 31.7 Å². The Morgan fingerprint density at radius 3 is 1.78 bits per heavy atom. The molecule has 4 heteroatoms. The van der Waals surface area contributed by atoms with Crippen LogP contribution in [0.1, 0.15) is 155 Å². The molecule has 45 heavy (non-hydrogen) atoms. The van der Waals surface area contributed by atoms with E-state index >= 15 is 0 Å². The summed E-state index contributed by atoms with van der Waals surface area (Å²) in [5, 5.41) is 0. The SMILES string of the molecule is CCCC(C)C1CC([Si](C)(C)C2CCC3C(c4cc(C(C)(C)C)cc(C(C)(C)C)c4)CCCC32)C2CCCCC12.[CH3-].[CH3-].[Cl][Zr+2][Cl]. The minimum absolute atomic E-state index is 0. The first-order valence-corrected chi connectivity index (χ1v) is 27.8. The van der Waals surface area contributed by atoms with Gasteiger partial charge in [0, 0.05) is 0 Å². The molecule has 4 fully saturated rings. The van der Waals surface area contributed by atoms with Crippen LogP contribution in [0.2, 0.25) is 24.2 Å². The summed E-state index contributed by atoms with van der Waals surface area (Å²) in [4.78, 5) is 0. The Morgan fingerprint density at radius 2 is 1.24 bits per heavy atom. The zero-order chi connectivity index (χ0) is 31.7. The van der Waals surface area contributed by atoms with Crippen molar-refractivity contribution in [2.24, 2.45) is 35.5 Å². The topological polar surface area (TPSA) is 0 Å². The van der Waals surface area contributed by atoms with E-state index in [2.05, 4.69) is 86.7 Å². The fraction of sp³-hybridized carbons (Fsp3) is 0.805. The van der Waals surface area contributed by atoms with Crippen molar-refractivity contribution in [3.63, 3.8) is 0 Å². The van der Waals surface area contributed by atoms with Gasteiger partial charge in [-0.25, -0.2) is 0 Å². The predicted octanol–water partition coefficient (Wildman–Crippen LogP) is 14.6. The van der Waals surface area contributed by atoms with Gasteiger partial charge < -0.3 is 14.9 Å². The van der Waals surface area contributed by atoms with Gasteiger partial charge in [-0.15, -0.1) is 0 Å². The van der Waals surface area contributed by atoms with Crippen LogP contribution in [0.15, 0.2) is 18.2 Å². The van der Waals surface area contributed by atoms with Gasteiger partial charge in [-0.3, -0.25) is 0 Å². The van der Waals surface area contributed by atoms with E-state index in [-0.39, 0.29) is 25.7 Å². The molecule has 0 bridgehead atoms. The number of benzene rings is 1. The fourth-order valence-corrected chi connectivity index (χ4v) is 16.6. The van der Waals surface area contributed by atoms with E-state index in [4.69, 9.17) is 17.0 Å². The second kappa shape index (κ2) is 17.2. The third-order valence-electron chi connectivity index (χ3n) is 13.4. The van der Waals surface area contributed by atoms with Crippen molar-refractivity contribution in [3.05, 3.63) is 49.7 Å². The Hall–Kier alpha value is 0.900. The zero-order valence-corrected chi connectivity index (χ0v) is 36.6. The van der Waals surface area contributed by atoms with E-state index in [0.717, 1.165) is 52.5 Å². The first-order valence-electron chi connectivity index (χ1n) is 18.3. The summed E-state index contributed by atoms with van der Waals surface area (Å²) in [6, 6.07) is 7.84. The van der Waals surface area contributed by atoms with Crippen molar-refractivity contribution in [2.45, 2.75) is 173 Å². The zero-order valence-electron chi connectivity index (χ0n) is 31.7. The van der Waals surface area contributed by atoms with Crippen molar-refractivity contribution in [1.82, 2.24) is 0 Å². The van der Waals surface area contributed by atoms with Gasteiger partial charge in [-0.2, -0.15) is 0 Å². The Labute approximate surface area is 302 Å². The van der Waals surface area contributed by atoms with Crippen LogP contribution in [0.25, 0.3) is 0 Å². The Bertz CT molecular complexity index is 1010. The normalized spacial score (nSPS) is 32.1. The van der Waals surface area contributed by atoms with Crippen LogP contribution in [0.3, 0.4) is 0 Å². The van der Waals surface area contributed by atoms with Crippen molar-refractivity contribution < 1.29 is 20.8 Å². The summed E-state index contributed by atoms with van der Waals surface area (Å²) < 4.78 is 0. The Morgan fingerprint density at radius 1 is 0.733 bits per heavy atom. The Kier molecular flexibility index (Phi) is 16.1. The quantitative estimate of drug-likeness (QED) is 0.200. The average Bonchev–Trinajstić information content (AvgIpc) is 3.56. The molecule has 0 radical (unpaired) electrons. The third kappa shape index (κ3) is 9.37. The minimum atomic E-state index is -1.38. The Balaban J connectivity index is 0.00000136. The second-order valence-corrected chi connectivity index (χ2v) is 27.0. The van der Waals surface area contributed by atoms with Crippen molar-refractivity contribution in [1.29, 1.82) is 0 Å². The predicted molar refractivity (Wildman–Crippen MR) is 204 cm³/mol. The number of hydrogen-bond acceptors (Lipinski definition) is 0. The van der Waals surface area contributed by atoms with Crippen molar-refractivity contribution >= 4 is 25.1 Å². The van der Waals surface area contributed by atoms with Crippen LogP contribution in [0.4, 0.5) is 0 Å². The molecular weight excluding hydrogens is 683 g/mol. The maximum absolute atomic E-state index is 4.93. The molecule has 9 atom stereocenters. The van der Waals surface area contributed by atoms with E-state index in [1.165, 1.54) is 51.4 Å². The van der Waals surface area contributed by atoms with Crippen LogP contribution in [-0.4, -0.2) is 8.07 Å². The molecule has 0 heterocycles. The first-order chi connectivity index (χ1) is 20.1. The summed E-state index contributed by atoms with van der Waals surface area (Å²) in [7, 11) is 8.49. The number of fused-ring (bicyclic) bond motifs is 2. The van der Waals surface area contributed by atoms with Gasteiger partial charge in [0.1, 0.15) is 0 Å². The van der Waals surface area contributed by atoms with Crippen molar-refractivity contribution in [2.75, 3.05) is 0 Å². The maximum atomic E-state index is 4.93. The number of hydrogen-bond donors (Lipinski definition) is 0. The third-order valence-corrected chi connectivity index (χ3v) is 18.6. The molecular formula is C41H72Cl2SiZr. The first kappa shape index (κ1) is 42.1. The molecule has 1 aromatic rings. The van der Waals surface area contributed by atoms with Crippen LogP contribution in [0.5, 0.6) is 0 Å². The molecule has 5 rings (SSSR count). The van der Waals surface area contributed by atoms with E-state index < -0.39 is 28.9 Å². The van der Waals surface area contributed by atoms with Gasteiger partial charge in [0.15, 0.2) is 0 Å². The molecule has 1 aromatic carbocycles. The molecule has 4 aliphatic carbocycles. The molecule has 0 N–H and O–H groups in total. The monoisotopic (exact) mass is 752 g/mol. The van der Waals surface area contributed by atoms with Gasteiger partial charge in [0.25, 0.3) is 0 Å². The molecule has 9 unspecified atom stereocenters. The summed E-state index contributed by atoms with van der Waals surface area (Å²) in [5.74, 6) is 6.87. The van der Waals surface area contributed by atoms with Gasteiger partial charge in [0.2, 0.25) is 0 Å². The van der Waals surface area contributed by atoms with E-state index in [1.807, 2.05) is 0 Å². The van der Waals surface area contributed by atoms with Crippen molar-refractivity contribution in [3.8, 4) is 0 Å². The summed E-state index contributed by atoms with van der Waals surface area (Å²) in [5.41, 5.74) is 7.41. The van der Waals surface area contributed by atoms with E-state index in [9.17, 15) is 0 Å². The molecule has 0 amide bonds. The number of rotatable bonds is 6. The molecule has 0 saturated heterocycles. The molecule has 258 valence electrons. The van der Waals surface area contributed by atoms with E-state index in [0.29, 0.717) is 0 Å². The van der Waals surface area contributed by atoms with Gasteiger partial charge >= 0.3 is 37.9 Å². The standard InChI is InChI=1S/C39H66Si.2CH3.2ClH.Zr/c1-11-15-26(2)35-25-37(34-17-13-12-16-31(34)35)40(9,10)36-21-20-32-30(18-14-19-33(32)36)27-22-28(38(3,4)5)24-29(23-27)39(6,7)8;;;;;/h22-24,26,30-37H,11-21,25H2,1-10H3;2*1H3;2*1H;/q;2*-1;;;+4/p-2. The van der Waals surface area contributed by atoms with Crippen LogP contribution in [0, 0.1) is 50.4 Å². The van der Waals surface area contributed by atoms with Crippen LogP contribution < -0.4 is 0 Å². The molecule has 4 aliphatic rings. The average molecular weight is 755 g/mol. The molecule has 4 saturated carbocycles. The van der Waals surface area contributed by atoms with Gasteiger partial charge in [-0.05, 0) is 106 Å². The van der Waals surface area contributed by atoms with E-state index in [1.54, 1.807) is 42.4 Å². The molecule has 0 aliphatic heterocycles.